The van der Waals surface area contributed by atoms with E-state index in [1.165, 1.54) is 86.0 Å². The zero-order valence-electron chi connectivity index (χ0n) is 38.2. The maximum atomic E-state index is 3.66. The minimum absolute atomic E-state index is 0.546. The summed E-state index contributed by atoms with van der Waals surface area (Å²) >= 11 is 0. The molecular weight excluding hydrogens is 721 g/mol. The third kappa shape index (κ3) is 15.8. The van der Waals surface area contributed by atoms with Gasteiger partial charge in [0.2, 0.25) is 0 Å². The van der Waals surface area contributed by atoms with Crippen molar-refractivity contribution in [3.05, 3.63) is 218 Å². The minimum Gasteiger partial charge on any atom is -0.0991 e. The van der Waals surface area contributed by atoms with Crippen molar-refractivity contribution in [1.82, 2.24) is 0 Å². The van der Waals surface area contributed by atoms with Crippen molar-refractivity contribution in [2.75, 3.05) is 0 Å². The van der Waals surface area contributed by atoms with Crippen LogP contribution in [0.4, 0.5) is 0 Å². The van der Waals surface area contributed by atoms with E-state index in [2.05, 4.69) is 181 Å². The number of rotatable bonds is 13. The van der Waals surface area contributed by atoms with E-state index in [0.29, 0.717) is 11.8 Å². The molecule has 5 aromatic rings. The van der Waals surface area contributed by atoms with Gasteiger partial charge in [0.15, 0.2) is 0 Å². The van der Waals surface area contributed by atoms with E-state index in [9.17, 15) is 0 Å². The molecule has 1 aliphatic carbocycles. The van der Waals surface area contributed by atoms with Crippen LogP contribution in [0, 0.1) is 0 Å². The Hall–Kier alpha value is -5.72. The van der Waals surface area contributed by atoms with Gasteiger partial charge in [-0.1, -0.05) is 224 Å². The second-order valence-electron chi connectivity index (χ2n) is 15.4. The standard InChI is InChI=1S/C43H44.C8H12.C7H10.C2H6/c1-4-12-32-25-39(31(3)5-2)27-40(26-32)43-29-41(37-21-17-35(18-22-37)33-13-8-6-9-14-33)28-42(30-43)38-23-19-36(20-24-38)34-15-10-7-11-16-34;1-4-6-7-8(3)5-2;1-4-5-6-7(2)3;1-2/h6,8-10,13-15,17-31,34H,4-5,7,11-12,16H2,1-3H3;4-7H,1H2,2-3H3;4-6H,1-2H2,3H3;1-2H3/b;7-6-,8-5-;6-5-;. The van der Waals surface area contributed by atoms with E-state index in [4.69, 9.17) is 0 Å². The fourth-order valence-electron chi connectivity index (χ4n) is 7.01. The molecule has 2 atom stereocenters. The average Bonchev–Trinajstić information content (AvgIpc) is 3.31. The molecule has 2 unspecified atom stereocenters. The number of benzene rings is 5. The molecule has 0 N–H and O–H groups in total. The first-order valence-electron chi connectivity index (χ1n) is 22.3. The lowest BCUT2D eigenvalue weighted by molar-refractivity contribution is 0.654. The molecule has 0 aromatic heterocycles. The summed E-state index contributed by atoms with van der Waals surface area (Å²) in [6, 6.07) is 43.6. The molecule has 0 heteroatoms. The summed E-state index contributed by atoms with van der Waals surface area (Å²) < 4.78 is 0. The quantitative estimate of drug-likeness (QED) is 0.0823. The molecule has 5 aromatic carbocycles. The monoisotopic (exact) mass is 793 g/mol. The Bertz CT molecular complexity index is 2160. The zero-order valence-corrected chi connectivity index (χ0v) is 38.2. The van der Waals surface area contributed by atoms with Crippen molar-refractivity contribution in [3.8, 4) is 44.5 Å². The molecule has 0 radical (unpaired) electrons. The van der Waals surface area contributed by atoms with Gasteiger partial charge >= 0.3 is 0 Å². The summed E-state index contributed by atoms with van der Waals surface area (Å²) in [6.07, 6.45) is 25.2. The molecule has 312 valence electrons. The highest BCUT2D eigenvalue weighted by Crippen LogP contribution is 2.37. The fraction of sp³-hybridized carbons (Fsp3) is 0.267. The third-order valence-corrected chi connectivity index (χ3v) is 10.7. The van der Waals surface area contributed by atoms with Crippen LogP contribution in [0.3, 0.4) is 0 Å². The van der Waals surface area contributed by atoms with E-state index >= 15 is 0 Å². The van der Waals surface area contributed by atoms with Crippen molar-refractivity contribution in [3.63, 3.8) is 0 Å². The maximum absolute atomic E-state index is 3.66. The largest absolute Gasteiger partial charge is 0.0991 e. The third-order valence-electron chi connectivity index (χ3n) is 10.7. The summed E-state index contributed by atoms with van der Waals surface area (Å²) in [5.74, 6) is 1.10. The summed E-state index contributed by atoms with van der Waals surface area (Å²) in [4.78, 5) is 0. The normalized spacial score (nSPS) is 13.9. The molecule has 0 aliphatic heterocycles. The van der Waals surface area contributed by atoms with E-state index < -0.39 is 0 Å². The molecule has 0 saturated carbocycles. The molecule has 0 nitrogen and oxygen atoms in total. The lowest BCUT2D eigenvalue weighted by Crippen LogP contribution is -1.99. The molecule has 60 heavy (non-hydrogen) atoms. The van der Waals surface area contributed by atoms with Crippen LogP contribution >= 0.6 is 0 Å². The van der Waals surface area contributed by atoms with Gasteiger partial charge in [0.1, 0.15) is 0 Å². The number of hydrogen-bond donors (Lipinski definition) is 0. The molecule has 6 rings (SSSR count). The van der Waals surface area contributed by atoms with Crippen LogP contribution in [0.1, 0.15) is 116 Å². The van der Waals surface area contributed by atoms with Crippen LogP contribution in [-0.4, -0.2) is 0 Å². The molecule has 0 amide bonds. The molecule has 0 saturated heterocycles. The van der Waals surface area contributed by atoms with Crippen molar-refractivity contribution in [2.45, 2.75) is 106 Å². The molecule has 0 heterocycles. The van der Waals surface area contributed by atoms with E-state index in [0.717, 1.165) is 24.8 Å². The van der Waals surface area contributed by atoms with Gasteiger partial charge in [0, 0.05) is 5.92 Å². The van der Waals surface area contributed by atoms with Crippen LogP contribution in [0.5, 0.6) is 0 Å². The SMILES string of the molecule is C=C/C=C\C(=C)C.C=C/C=C\C(C)=C/C.CC.CCCc1cc(-c2cc(-c3ccc(-c4ccccc4)cc3)cc(-c3ccc(C4C=CCCC4)cc3)c2)cc(C(C)CC)c1. The predicted octanol–water partition coefficient (Wildman–Crippen LogP) is 18.7. The minimum atomic E-state index is 0.546. The molecular formula is C60H72. The summed E-state index contributed by atoms with van der Waals surface area (Å²) in [5.41, 5.74) is 16.8. The first-order valence-corrected chi connectivity index (χ1v) is 22.3. The highest BCUT2D eigenvalue weighted by Gasteiger charge is 2.14. The van der Waals surface area contributed by atoms with Crippen LogP contribution in [0.15, 0.2) is 201 Å². The van der Waals surface area contributed by atoms with Gasteiger partial charge in [-0.3, -0.25) is 0 Å². The maximum Gasteiger partial charge on any atom is 0.00180 e. The van der Waals surface area contributed by atoms with E-state index in [1.807, 2.05) is 52.0 Å². The van der Waals surface area contributed by atoms with Crippen LogP contribution in [0.25, 0.3) is 44.5 Å². The van der Waals surface area contributed by atoms with Crippen LogP contribution < -0.4 is 0 Å². The van der Waals surface area contributed by atoms with Gasteiger partial charge in [-0.25, -0.2) is 0 Å². The summed E-state index contributed by atoms with van der Waals surface area (Å²) in [5, 5.41) is 0. The Labute approximate surface area is 366 Å². The van der Waals surface area contributed by atoms with Gasteiger partial charge in [0.05, 0.1) is 0 Å². The topological polar surface area (TPSA) is 0 Å². The van der Waals surface area contributed by atoms with Crippen LogP contribution in [-0.2, 0) is 6.42 Å². The Morgan fingerprint density at radius 3 is 1.67 bits per heavy atom. The van der Waals surface area contributed by atoms with Gasteiger partial charge < -0.3 is 0 Å². The number of aryl methyl sites for hydroxylation is 1. The Morgan fingerprint density at radius 2 is 1.18 bits per heavy atom. The lowest BCUT2D eigenvalue weighted by Gasteiger charge is -2.18. The van der Waals surface area contributed by atoms with Gasteiger partial charge in [-0.15, -0.1) is 0 Å². The van der Waals surface area contributed by atoms with Gasteiger partial charge in [-0.2, -0.15) is 0 Å². The second-order valence-corrected chi connectivity index (χ2v) is 15.4. The van der Waals surface area contributed by atoms with E-state index in [-0.39, 0.29) is 0 Å². The molecule has 1 aliphatic rings. The van der Waals surface area contributed by atoms with E-state index in [1.54, 1.807) is 12.2 Å². The van der Waals surface area contributed by atoms with Crippen LogP contribution in [0.2, 0.25) is 0 Å². The molecule has 0 bridgehead atoms. The van der Waals surface area contributed by atoms with Gasteiger partial charge in [0.25, 0.3) is 0 Å². The Morgan fingerprint density at radius 1 is 0.667 bits per heavy atom. The first kappa shape index (κ1) is 48.6. The first-order chi connectivity index (χ1) is 29.2. The Balaban J connectivity index is 0.000000479. The fourth-order valence-corrected chi connectivity index (χ4v) is 7.01. The Kier molecular flexibility index (Phi) is 22.0. The zero-order chi connectivity index (χ0) is 43.7. The van der Waals surface area contributed by atoms with Crippen molar-refractivity contribution >= 4 is 0 Å². The van der Waals surface area contributed by atoms with Gasteiger partial charge in [-0.05, 0) is 138 Å². The van der Waals surface area contributed by atoms with Crippen molar-refractivity contribution in [2.24, 2.45) is 0 Å². The smallest absolute Gasteiger partial charge is 0.00180 e. The highest BCUT2D eigenvalue weighted by molar-refractivity contribution is 5.82. The summed E-state index contributed by atoms with van der Waals surface area (Å²) in [7, 11) is 0. The molecule has 0 spiro atoms. The number of allylic oxidation sites excluding steroid dienone is 11. The highest BCUT2D eigenvalue weighted by atomic mass is 14.2. The molecule has 0 fully saturated rings. The summed E-state index contributed by atoms with van der Waals surface area (Å²) in [6.45, 7) is 27.7. The number of hydrogen-bond acceptors (Lipinski definition) is 0. The van der Waals surface area contributed by atoms with Crippen molar-refractivity contribution in [1.29, 1.82) is 0 Å². The predicted molar refractivity (Wildman–Crippen MR) is 271 cm³/mol. The average molecular weight is 793 g/mol. The second kappa shape index (κ2) is 27.1. The lowest BCUT2D eigenvalue weighted by atomic mass is 9.87. The van der Waals surface area contributed by atoms with Crippen molar-refractivity contribution < 1.29 is 0 Å².